The average Bonchev–Trinajstić information content (AvgIpc) is 3.04. The van der Waals surface area contributed by atoms with E-state index >= 15 is 0 Å². The van der Waals surface area contributed by atoms with Crippen LogP contribution in [0.5, 0.6) is 11.5 Å². The van der Waals surface area contributed by atoms with Crippen molar-refractivity contribution in [3.05, 3.63) is 53.1 Å². The quantitative estimate of drug-likeness (QED) is 0.507. The highest BCUT2D eigenvalue weighted by atomic mass is 35.5. The fourth-order valence-electron chi connectivity index (χ4n) is 1.95. The lowest BCUT2D eigenvalue weighted by atomic mass is 10.2. The molecule has 7 nitrogen and oxygen atoms in total. The van der Waals surface area contributed by atoms with Crippen LogP contribution >= 0.6 is 11.6 Å². The number of nitrogens with one attached hydrogen (secondary N) is 2. The molecule has 1 heterocycles. The molecule has 1 aliphatic rings. The van der Waals surface area contributed by atoms with Crippen LogP contribution in [0.15, 0.2) is 47.6 Å². The molecule has 24 heavy (non-hydrogen) atoms. The summed E-state index contributed by atoms with van der Waals surface area (Å²) in [5.41, 5.74) is 3.17. The molecule has 0 fully saturated rings. The molecular formula is C16H12ClN3O4. The van der Waals surface area contributed by atoms with Crippen molar-refractivity contribution >= 4 is 35.3 Å². The molecule has 0 saturated carbocycles. The summed E-state index contributed by atoms with van der Waals surface area (Å²) in [5.74, 6) is -0.673. The Bertz CT molecular complexity index is 823. The first-order chi connectivity index (χ1) is 11.6. The SMILES string of the molecule is O=C(N/N=C/c1ccccc1Cl)C(=O)Nc1ccc2c(c1)OCO2. The second-order valence-electron chi connectivity index (χ2n) is 4.74. The number of benzene rings is 2. The summed E-state index contributed by atoms with van der Waals surface area (Å²) in [6, 6.07) is 11.8. The van der Waals surface area contributed by atoms with Gasteiger partial charge in [0.05, 0.1) is 6.21 Å². The van der Waals surface area contributed by atoms with E-state index in [0.29, 0.717) is 27.8 Å². The lowest BCUT2D eigenvalue weighted by molar-refractivity contribution is -0.136. The number of amides is 2. The Morgan fingerprint density at radius 3 is 2.71 bits per heavy atom. The number of hydrogen-bond acceptors (Lipinski definition) is 5. The predicted octanol–water partition coefficient (Wildman–Crippen LogP) is 2.16. The Balaban J connectivity index is 1.57. The van der Waals surface area contributed by atoms with E-state index in [1.54, 1.807) is 42.5 Å². The van der Waals surface area contributed by atoms with Crippen molar-refractivity contribution in [3.63, 3.8) is 0 Å². The molecule has 2 amide bonds. The van der Waals surface area contributed by atoms with E-state index in [1.165, 1.54) is 6.21 Å². The van der Waals surface area contributed by atoms with Crippen LogP contribution in [0, 0.1) is 0 Å². The van der Waals surface area contributed by atoms with Gasteiger partial charge in [-0.25, -0.2) is 5.43 Å². The molecule has 0 atom stereocenters. The monoisotopic (exact) mass is 345 g/mol. The molecular weight excluding hydrogens is 334 g/mol. The van der Waals surface area contributed by atoms with Crippen LogP contribution in [0.25, 0.3) is 0 Å². The Morgan fingerprint density at radius 2 is 1.88 bits per heavy atom. The van der Waals surface area contributed by atoms with E-state index in [4.69, 9.17) is 21.1 Å². The Labute approximate surface area is 142 Å². The van der Waals surface area contributed by atoms with Gasteiger partial charge in [0.15, 0.2) is 11.5 Å². The van der Waals surface area contributed by atoms with Crippen molar-refractivity contribution in [2.45, 2.75) is 0 Å². The van der Waals surface area contributed by atoms with Gasteiger partial charge >= 0.3 is 11.8 Å². The third-order valence-electron chi connectivity index (χ3n) is 3.11. The number of ether oxygens (including phenoxy) is 2. The minimum Gasteiger partial charge on any atom is -0.454 e. The van der Waals surface area contributed by atoms with Crippen LogP contribution < -0.4 is 20.2 Å². The second kappa shape index (κ2) is 7.01. The molecule has 0 aliphatic carbocycles. The van der Waals surface area contributed by atoms with Gasteiger partial charge < -0.3 is 14.8 Å². The molecule has 1 aliphatic heterocycles. The zero-order chi connectivity index (χ0) is 16.9. The first kappa shape index (κ1) is 15.8. The molecule has 2 aromatic rings. The molecule has 122 valence electrons. The van der Waals surface area contributed by atoms with Gasteiger partial charge in [-0.3, -0.25) is 9.59 Å². The Morgan fingerprint density at radius 1 is 1.08 bits per heavy atom. The Kier molecular flexibility index (Phi) is 4.62. The summed E-state index contributed by atoms with van der Waals surface area (Å²) in [7, 11) is 0. The first-order valence-corrected chi connectivity index (χ1v) is 7.30. The maximum atomic E-state index is 11.8. The van der Waals surface area contributed by atoms with Gasteiger partial charge in [0.2, 0.25) is 6.79 Å². The van der Waals surface area contributed by atoms with E-state index in [1.807, 2.05) is 0 Å². The summed E-state index contributed by atoms with van der Waals surface area (Å²) in [6.07, 6.45) is 1.36. The highest BCUT2D eigenvalue weighted by molar-refractivity contribution is 6.39. The zero-order valence-electron chi connectivity index (χ0n) is 12.3. The molecule has 0 unspecified atom stereocenters. The smallest absolute Gasteiger partial charge is 0.329 e. The lowest BCUT2D eigenvalue weighted by Crippen LogP contribution is -2.32. The number of hydrogen-bond donors (Lipinski definition) is 2. The fraction of sp³-hybridized carbons (Fsp3) is 0.0625. The van der Waals surface area contributed by atoms with Crippen LogP contribution in [-0.4, -0.2) is 24.8 Å². The highest BCUT2D eigenvalue weighted by Crippen LogP contribution is 2.34. The number of halogens is 1. The summed E-state index contributed by atoms with van der Waals surface area (Å²) < 4.78 is 10.4. The molecule has 0 aromatic heterocycles. The van der Waals surface area contributed by atoms with Crippen LogP contribution in [0.2, 0.25) is 5.02 Å². The second-order valence-corrected chi connectivity index (χ2v) is 5.15. The van der Waals surface area contributed by atoms with Crippen molar-refractivity contribution in [3.8, 4) is 11.5 Å². The minimum absolute atomic E-state index is 0.129. The summed E-state index contributed by atoms with van der Waals surface area (Å²) in [5, 5.41) is 6.64. The molecule has 0 radical (unpaired) electrons. The maximum Gasteiger partial charge on any atom is 0.329 e. The number of fused-ring (bicyclic) bond motifs is 1. The van der Waals surface area contributed by atoms with Gasteiger partial charge in [-0.15, -0.1) is 0 Å². The van der Waals surface area contributed by atoms with Gasteiger partial charge in [0.1, 0.15) is 0 Å². The molecule has 8 heteroatoms. The van der Waals surface area contributed by atoms with Gasteiger partial charge in [-0.2, -0.15) is 5.10 Å². The van der Waals surface area contributed by atoms with Crippen LogP contribution in [0.1, 0.15) is 5.56 Å². The van der Waals surface area contributed by atoms with Gasteiger partial charge in [-0.1, -0.05) is 29.8 Å². The predicted molar refractivity (Wildman–Crippen MR) is 88.4 cm³/mol. The van der Waals surface area contributed by atoms with E-state index in [0.717, 1.165) is 0 Å². The van der Waals surface area contributed by atoms with Gasteiger partial charge in [0.25, 0.3) is 0 Å². The average molecular weight is 346 g/mol. The number of carbonyl (C=O) groups excluding carboxylic acids is 2. The standard InChI is InChI=1S/C16H12ClN3O4/c17-12-4-2-1-3-10(12)8-18-20-16(22)15(21)19-11-5-6-13-14(7-11)24-9-23-13/h1-8H,9H2,(H,19,21)(H,20,22)/b18-8+. The van der Waals surface area contributed by atoms with Crippen molar-refractivity contribution in [1.82, 2.24) is 5.43 Å². The lowest BCUT2D eigenvalue weighted by Gasteiger charge is -2.05. The zero-order valence-corrected chi connectivity index (χ0v) is 13.0. The van der Waals surface area contributed by atoms with E-state index in [2.05, 4.69) is 15.8 Å². The highest BCUT2D eigenvalue weighted by Gasteiger charge is 2.17. The molecule has 2 N–H and O–H groups in total. The van der Waals surface area contributed by atoms with Gasteiger partial charge in [-0.05, 0) is 18.2 Å². The van der Waals surface area contributed by atoms with E-state index in [-0.39, 0.29) is 6.79 Å². The largest absolute Gasteiger partial charge is 0.454 e. The van der Waals surface area contributed by atoms with Crippen LogP contribution in [0.4, 0.5) is 5.69 Å². The number of rotatable bonds is 3. The van der Waals surface area contributed by atoms with Crippen LogP contribution in [0.3, 0.4) is 0 Å². The molecule has 0 saturated heterocycles. The number of carbonyl (C=O) groups is 2. The molecule has 0 bridgehead atoms. The van der Waals surface area contributed by atoms with E-state index < -0.39 is 11.8 Å². The van der Waals surface area contributed by atoms with Crippen molar-refractivity contribution in [1.29, 1.82) is 0 Å². The molecule has 3 rings (SSSR count). The minimum atomic E-state index is -0.907. The summed E-state index contributed by atoms with van der Waals surface area (Å²) in [6.45, 7) is 0.129. The maximum absolute atomic E-state index is 11.8. The summed E-state index contributed by atoms with van der Waals surface area (Å²) in [4.78, 5) is 23.6. The summed E-state index contributed by atoms with van der Waals surface area (Å²) >= 11 is 5.95. The topological polar surface area (TPSA) is 89.0 Å². The first-order valence-electron chi connectivity index (χ1n) is 6.92. The number of nitrogens with zero attached hydrogens (tertiary/aromatic N) is 1. The normalized spacial score (nSPS) is 12.2. The Hall–Kier alpha value is -3.06. The van der Waals surface area contributed by atoms with Crippen molar-refractivity contribution in [2.24, 2.45) is 5.10 Å². The van der Waals surface area contributed by atoms with Crippen molar-refractivity contribution < 1.29 is 19.1 Å². The van der Waals surface area contributed by atoms with Gasteiger partial charge in [0, 0.05) is 22.3 Å². The number of hydrazone groups is 1. The van der Waals surface area contributed by atoms with Crippen molar-refractivity contribution in [2.75, 3.05) is 12.1 Å². The molecule has 2 aromatic carbocycles. The molecule has 0 spiro atoms. The third-order valence-corrected chi connectivity index (χ3v) is 3.46. The fourth-order valence-corrected chi connectivity index (χ4v) is 2.14. The third kappa shape index (κ3) is 3.64. The number of anilines is 1. The van der Waals surface area contributed by atoms with E-state index in [9.17, 15) is 9.59 Å². The van der Waals surface area contributed by atoms with Crippen LogP contribution in [-0.2, 0) is 9.59 Å².